The molecular formula is C27H37N3O2. The fourth-order valence-corrected chi connectivity index (χ4v) is 3.27. The van der Waals surface area contributed by atoms with Crippen LogP contribution < -0.4 is 10.6 Å². The molecule has 1 aromatic heterocycles. The quantitative estimate of drug-likeness (QED) is 0.291. The van der Waals surface area contributed by atoms with Crippen LogP contribution in [0.5, 0.6) is 0 Å². The van der Waals surface area contributed by atoms with Crippen molar-refractivity contribution < 1.29 is 9.53 Å². The van der Waals surface area contributed by atoms with Crippen molar-refractivity contribution in [3.8, 4) is 0 Å². The molecule has 1 aromatic carbocycles. The van der Waals surface area contributed by atoms with Gasteiger partial charge in [0, 0.05) is 11.9 Å². The van der Waals surface area contributed by atoms with Gasteiger partial charge in [-0.3, -0.25) is 0 Å². The molecule has 0 saturated heterocycles. The SMILES string of the molecule is CC/C=C(/C=C(\Nc1ccccc1C)Nc1ncccc1C(=O)OCC)CC(C)(C)CC. The summed E-state index contributed by atoms with van der Waals surface area (Å²) >= 11 is 0. The summed E-state index contributed by atoms with van der Waals surface area (Å²) in [6.07, 6.45) is 9.02. The van der Waals surface area contributed by atoms with Crippen molar-refractivity contribution in [1.29, 1.82) is 0 Å². The molecule has 32 heavy (non-hydrogen) atoms. The first-order chi connectivity index (χ1) is 15.3. The second-order valence-electron chi connectivity index (χ2n) is 8.62. The molecule has 5 nitrogen and oxygen atoms in total. The normalized spacial score (nSPS) is 12.4. The maximum Gasteiger partial charge on any atom is 0.341 e. The van der Waals surface area contributed by atoms with Crippen LogP contribution in [0.4, 0.5) is 11.5 Å². The molecule has 0 aliphatic rings. The first kappa shape index (κ1) is 25.2. The van der Waals surface area contributed by atoms with Crippen LogP contribution in [0.1, 0.15) is 69.8 Å². The van der Waals surface area contributed by atoms with Gasteiger partial charge in [-0.1, -0.05) is 58.4 Å². The van der Waals surface area contributed by atoms with Crippen molar-refractivity contribution in [2.45, 2.75) is 60.8 Å². The fourth-order valence-electron chi connectivity index (χ4n) is 3.27. The van der Waals surface area contributed by atoms with Crippen molar-refractivity contribution in [3.05, 3.63) is 77.3 Å². The van der Waals surface area contributed by atoms with Gasteiger partial charge in [-0.2, -0.15) is 0 Å². The molecule has 0 saturated carbocycles. The van der Waals surface area contributed by atoms with E-state index in [1.54, 1.807) is 25.3 Å². The lowest BCUT2D eigenvalue weighted by molar-refractivity contribution is 0.0527. The third kappa shape index (κ3) is 7.56. The summed E-state index contributed by atoms with van der Waals surface area (Å²) in [6.45, 7) is 13.1. The minimum absolute atomic E-state index is 0.187. The van der Waals surface area contributed by atoms with Gasteiger partial charge in [-0.25, -0.2) is 9.78 Å². The van der Waals surface area contributed by atoms with Gasteiger partial charge in [-0.15, -0.1) is 0 Å². The number of esters is 1. The molecule has 0 bridgehead atoms. The first-order valence-electron chi connectivity index (χ1n) is 11.4. The second kappa shape index (κ2) is 12.1. The van der Waals surface area contributed by atoms with E-state index in [-0.39, 0.29) is 5.41 Å². The molecule has 5 heteroatoms. The topological polar surface area (TPSA) is 63.2 Å². The molecule has 0 aliphatic carbocycles. The van der Waals surface area contributed by atoms with Crippen LogP contribution in [-0.4, -0.2) is 17.6 Å². The van der Waals surface area contributed by atoms with Crippen LogP contribution in [0, 0.1) is 12.3 Å². The molecule has 2 rings (SSSR count). The number of rotatable bonds is 11. The Hall–Kier alpha value is -3.08. The van der Waals surface area contributed by atoms with Crippen LogP contribution in [0.15, 0.2) is 66.1 Å². The van der Waals surface area contributed by atoms with Crippen LogP contribution in [0.3, 0.4) is 0 Å². The number of para-hydroxylation sites is 1. The lowest BCUT2D eigenvalue weighted by Crippen LogP contribution is -2.17. The fraction of sp³-hybridized carbons (Fsp3) is 0.407. The molecule has 0 unspecified atom stereocenters. The van der Waals surface area contributed by atoms with Crippen molar-refractivity contribution >= 4 is 17.5 Å². The lowest BCUT2D eigenvalue weighted by Gasteiger charge is -2.24. The molecule has 0 fully saturated rings. The summed E-state index contributed by atoms with van der Waals surface area (Å²) in [5.74, 6) is 0.828. The van der Waals surface area contributed by atoms with Gasteiger partial charge >= 0.3 is 5.97 Å². The highest BCUT2D eigenvalue weighted by Gasteiger charge is 2.18. The minimum atomic E-state index is -0.394. The van der Waals surface area contributed by atoms with E-state index >= 15 is 0 Å². The van der Waals surface area contributed by atoms with E-state index in [4.69, 9.17) is 4.74 Å². The molecule has 172 valence electrons. The van der Waals surface area contributed by atoms with Crippen LogP contribution in [0.2, 0.25) is 0 Å². The summed E-state index contributed by atoms with van der Waals surface area (Å²) in [7, 11) is 0. The number of pyridine rings is 1. The summed E-state index contributed by atoms with van der Waals surface area (Å²) in [5, 5.41) is 6.86. The predicted molar refractivity (Wildman–Crippen MR) is 134 cm³/mol. The number of nitrogens with zero attached hydrogens (tertiary/aromatic N) is 1. The van der Waals surface area contributed by atoms with Crippen LogP contribution in [0.25, 0.3) is 0 Å². The monoisotopic (exact) mass is 435 g/mol. The number of allylic oxidation sites excluding steroid dienone is 3. The Kier molecular flexibility index (Phi) is 9.51. The van der Waals surface area contributed by atoms with Gasteiger partial charge in [-0.05, 0) is 67.5 Å². The van der Waals surface area contributed by atoms with E-state index in [0.717, 1.165) is 36.3 Å². The largest absolute Gasteiger partial charge is 0.462 e. The van der Waals surface area contributed by atoms with Gasteiger partial charge in [0.05, 0.1) is 6.61 Å². The Balaban J connectivity index is 2.48. The summed E-state index contributed by atoms with van der Waals surface area (Å²) < 4.78 is 5.22. The number of aryl methyl sites for hydroxylation is 1. The number of anilines is 2. The number of nitrogens with one attached hydrogen (secondary N) is 2. The van der Waals surface area contributed by atoms with Crippen molar-refractivity contribution in [1.82, 2.24) is 4.98 Å². The number of carbonyl (C=O) groups is 1. The first-order valence-corrected chi connectivity index (χ1v) is 11.4. The molecule has 0 atom stereocenters. The number of hydrogen-bond acceptors (Lipinski definition) is 5. The number of ether oxygens (including phenoxy) is 1. The van der Waals surface area contributed by atoms with E-state index in [0.29, 0.717) is 18.0 Å². The molecular weight excluding hydrogens is 398 g/mol. The average molecular weight is 436 g/mol. The van der Waals surface area contributed by atoms with Crippen molar-refractivity contribution in [3.63, 3.8) is 0 Å². The zero-order valence-corrected chi connectivity index (χ0v) is 20.3. The van der Waals surface area contributed by atoms with E-state index in [1.807, 2.05) is 18.2 Å². The van der Waals surface area contributed by atoms with Gasteiger partial charge < -0.3 is 15.4 Å². The van der Waals surface area contributed by atoms with Crippen molar-refractivity contribution in [2.24, 2.45) is 5.41 Å². The van der Waals surface area contributed by atoms with E-state index in [9.17, 15) is 4.79 Å². The Morgan fingerprint density at radius 2 is 1.84 bits per heavy atom. The second-order valence-corrected chi connectivity index (χ2v) is 8.62. The van der Waals surface area contributed by atoms with Gasteiger partial charge in [0.2, 0.25) is 0 Å². The highest BCUT2D eigenvalue weighted by molar-refractivity contribution is 5.95. The van der Waals surface area contributed by atoms with Crippen LogP contribution in [-0.2, 0) is 4.74 Å². The predicted octanol–water partition coefficient (Wildman–Crippen LogP) is 7.09. The zero-order chi connectivity index (χ0) is 23.6. The summed E-state index contributed by atoms with van der Waals surface area (Å²) in [5.41, 5.74) is 3.94. The smallest absolute Gasteiger partial charge is 0.341 e. The molecule has 0 aliphatic heterocycles. The number of benzene rings is 1. The molecule has 0 spiro atoms. The van der Waals surface area contributed by atoms with Crippen LogP contribution >= 0.6 is 0 Å². The standard InChI is InChI=1S/C27H37N3O2/c1-7-13-21(19-27(5,6)8-2)18-24(29-23-16-11-10-14-20(23)4)30-25-22(15-12-17-28-25)26(31)32-9-3/h10-18,29H,7-9,19H2,1-6H3,(H,28,30)/b21-13-,24-18+. The van der Waals surface area contributed by atoms with Crippen molar-refractivity contribution in [2.75, 3.05) is 17.2 Å². The number of aromatic nitrogens is 1. The van der Waals surface area contributed by atoms with Gasteiger partial charge in [0.25, 0.3) is 0 Å². The average Bonchev–Trinajstić information content (AvgIpc) is 2.76. The molecule has 0 radical (unpaired) electrons. The molecule has 2 N–H and O–H groups in total. The number of hydrogen-bond donors (Lipinski definition) is 2. The maximum absolute atomic E-state index is 12.5. The van der Waals surface area contributed by atoms with E-state index in [1.165, 1.54) is 5.57 Å². The van der Waals surface area contributed by atoms with Gasteiger partial charge in [0.1, 0.15) is 17.2 Å². The highest BCUT2D eigenvalue weighted by atomic mass is 16.5. The summed E-state index contributed by atoms with van der Waals surface area (Å²) in [6, 6.07) is 11.6. The summed E-state index contributed by atoms with van der Waals surface area (Å²) in [4.78, 5) is 16.9. The Labute approximate surface area is 193 Å². The minimum Gasteiger partial charge on any atom is -0.462 e. The lowest BCUT2D eigenvalue weighted by atomic mass is 9.83. The molecule has 0 amide bonds. The highest BCUT2D eigenvalue weighted by Crippen LogP contribution is 2.30. The molecule has 2 aromatic rings. The van der Waals surface area contributed by atoms with E-state index in [2.05, 4.69) is 68.5 Å². The third-order valence-electron chi connectivity index (χ3n) is 5.41. The zero-order valence-electron chi connectivity index (χ0n) is 20.3. The Bertz CT molecular complexity index is 961. The van der Waals surface area contributed by atoms with E-state index < -0.39 is 5.97 Å². The van der Waals surface area contributed by atoms with Gasteiger partial charge in [0.15, 0.2) is 0 Å². The maximum atomic E-state index is 12.5. The Morgan fingerprint density at radius 3 is 2.50 bits per heavy atom. The molecule has 1 heterocycles. The number of carbonyl (C=O) groups excluding carboxylic acids is 1. The third-order valence-corrected chi connectivity index (χ3v) is 5.41. The Morgan fingerprint density at radius 1 is 1.09 bits per heavy atom.